The average molecular weight is 696 g/mol. The van der Waals surface area contributed by atoms with Gasteiger partial charge in [0.25, 0.3) is 0 Å². The fourth-order valence-electron chi connectivity index (χ4n) is 6.89. The number of hydrogen-bond donors (Lipinski definition) is 3. The van der Waals surface area contributed by atoms with E-state index in [1.165, 1.54) is 0 Å². The lowest BCUT2D eigenvalue weighted by Crippen LogP contribution is -2.67. The molecule has 1 fully saturated rings. The number of amides is 2. The van der Waals surface area contributed by atoms with Gasteiger partial charge in [0.1, 0.15) is 11.5 Å². The van der Waals surface area contributed by atoms with Crippen LogP contribution in [0.25, 0.3) is 22.9 Å². The number of benzene rings is 4. The number of halogens is 2. The highest BCUT2D eigenvalue weighted by atomic mass is 35.5. The van der Waals surface area contributed by atoms with Crippen LogP contribution in [0.1, 0.15) is 39.8 Å². The number of nitrogens with zero attached hydrogens (tertiary/aromatic N) is 1. The number of hydrogen-bond acceptors (Lipinski definition) is 6. The Morgan fingerprint density at radius 1 is 0.729 bits per heavy atom. The second kappa shape index (κ2) is 12.6. The van der Waals surface area contributed by atoms with Gasteiger partial charge >= 0.3 is 0 Å². The summed E-state index contributed by atoms with van der Waals surface area (Å²) in [6.45, 7) is 0. The van der Waals surface area contributed by atoms with Crippen LogP contribution in [0.2, 0.25) is 10.0 Å². The first kappa shape index (κ1) is 31.6. The van der Waals surface area contributed by atoms with Gasteiger partial charge in [0.15, 0.2) is 10.5 Å². The Labute approximate surface area is 292 Å². The number of carbonyl (C=O) groups is 2. The van der Waals surface area contributed by atoms with Gasteiger partial charge in [-0.3, -0.25) is 14.7 Å². The van der Waals surface area contributed by atoms with E-state index in [0.717, 1.165) is 11.1 Å². The van der Waals surface area contributed by atoms with Gasteiger partial charge in [0, 0.05) is 27.4 Å². The molecule has 1 saturated heterocycles. The van der Waals surface area contributed by atoms with E-state index in [1.54, 1.807) is 38.5 Å². The fraction of sp³-hybridized carbons (Fsp3) is 0.135. The van der Waals surface area contributed by atoms with Crippen LogP contribution in [0.4, 0.5) is 0 Å². The molecule has 2 aliphatic rings. The van der Waals surface area contributed by atoms with E-state index in [-0.39, 0.29) is 5.11 Å². The molecule has 0 bridgehead atoms. The number of thiocarbonyl (C=S) groups is 1. The van der Waals surface area contributed by atoms with Gasteiger partial charge in [-0.1, -0.05) is 71.7 Å². The van der Waals surface area contributed by atoms with E-state index in [9.17, 15) is 9.59 Å². The van der Waals surface area contributed by atoms with Gasteiger partial charge in [0.2, 0.25) is 11.8 Å². The SMILES string of the molecule is COc1ccc(C2/C(=C/c3ccc(Cl)cc3)c3n[nH]c(-c4ccc(Cl)cc4)c3C(c3ccc(OC)cc3)C23C(=O)NC(=S)NC3=O)cc1. The molecule has 1 aromatic heterocycles. The zero-order valence-corrected chi connectivity index (χ0v) is 28.0. The van der Waals surface area contributed by atoms with Gasteiger partial charge in [-0.2, -0.15) is 5.10 Å². The molecule has 2 atom stereocenters. The highest BCUT2D eigenvalue weighted by Gasteiger charge is 2.65. The maximum absolute atomic E-state index is 14.9. The molecular formula is C37H28Cl2N4O4S. The normalized spacial score (nSPS) is 19.1. The van der Waals surface area contributed by atoms with Crippen LogP contribution in [0, 0.1) is 5.41 Å². The van der Waals surface area contributed by atoms with Gasteiger partial charge < -0.3 is 20.1 Å². The monoisotopic (exact) mass is 694 g/mol. The van der Waals surface area contributed by atoms with Crippen LogP contribution >= 0.6 is 35.4 Å². The Bertz CT molecular complexity index is 2060. The van der Waals surface area contributed by atoms with E-state index >= 15 is 0 Å². The van der Waals surface area contributed by atoms with Crippen molar-refractivity contribution < 1.29 is 19.1 Å². The number of H-pyrrole nitrogens is 1. The molecule has 2 heterocycles. The lowest BCUT2D eigenvalue weighted by Gasteiger charge is -2.49. The molecular weight excluding hydrogens is 667 g/mol. The van der Waals surface area contributed by atoms with Gasteiger partial charge in [-0.15, -0.1) is 0 Å². The highest BCUT2D eigenvalue weighted by molar-refractivity contribution is 7.80. The molecule has 48 heavy (non-hydrogen) atoms. The molecule has 0 saturated carbocycles. The third kappa shape index (κ3) is 5.24. The lowest BCUT2D eigenvalue weighted by atomic mass is 9.52. The van der Waals surface area contributed by atoms with Gasteiger partial charge in [-0.05, 0) is 94.7 Å². The number of fused-ring (bicyclic) bond motifs is 1. The van der Waals surface area contributed by atoms with Gasteiger partial charge in [0.05, 0.1) is 25.6 Å². The number of aromatic amines is 1. The highest BCUT2D eigenvalue weighted by Crippen LogP contribution is 2.62. The van der Waals surface area contributed by atoms with Crippen LogP contribution in [-0.2, 0) is 9.59 Å². The Morgan fingerprint density at radius 3 is 1.75 bits per heavy atom. The van der Waals surface area contributed by atoms with Crippen molar-refractivity contribution in [1.29, 1.82) is 0 Å². The Kier molecular flexibility index (Phi) is 8.29. The maximum atomic E-state index is 14.9. The van der Waals surface area contributed by atoms with E-state index in [2.05, 4.69) is 15.7 Å². The first-order valence-corrected chi connectivity index (χ1v) is 16.2. The second-order valence-electron chi connectivity index (χ2n) is 11.5. The van der Waals surface area contributed by atoms with Crippen LogP contribution in [0.5, 0.6) is 11.5 Å². The summed E-state index contributed by atoms with van der Waals surface area (Å²) in [4.78, 5) is 29.7. The minimum absolute atomic E-state index is 0.0586. The first-order valence-electron chi connectivity index (χ1n) is 15.0. The molecule has 11 heteroatoms. The maximum Gasteiger partial charge on any atom is 0.243 e. The summed E-state index contributed by atoms with van der Waals surface area (Å²) < 4.78 is 10.9. The molecule has 1 aliphatic heterocycles. The number of ether oxygens (including phenoxy) is 2. The first-order chi connectivity index (χ1) is 23.2. The van der Waals surface area contributed by atoms with Crippen molar-refractivity contribution in [2.75, 3.05) is 14.2 Å². The second-order valence-corrected chi connectivity index (χ2v) is 12.8. The topological polar surface area (TPSA) is 105 Å². The van der Waals surface area contributed by atoms with Crippen molar-refractivity contribution in [3.8, 4) is 22.8 Å². The van der Waals surface area contributed by atoms with E-state index < -0.39 is 29.1 Å². The third-order valence-electron chi connectivity index (χ3n) is 9.02. The smallest absolute Gasteiger partial charge is 0.243 e. The van der Waals surface area contributed by atoms with Crippen LogP contribution < -0.4 is 20.1 Å². The third-order valence-corrected chi connectivity index (χ3v) is 9.72. The van der Waals surface area contributed by atoms with E-state index in [0.29, 0.717) is 55.2 Å². The Balaban J connectivity index is 1.63. The summed E-state index contributed by atoms with van der Waals surface area (Å²) in [5, 5.41) is 14.9. The molecule has 1 spiro atoms. The quantitative estimate of drug-likeness (QED) is 0.127. The largest absolute Gasteiger partial charge is 0.497 e. The molecule has 240 valence electrons. The minimum Gasteiger partial charge on any atom is -0.497 e. The van der Waals surface area contributed by atoms with Crippen molar-refractivity contribution >= 4 is 64.0 Å². The Hall–Kier alpha value is -4.96. The van der Waals surface area contributed by atoms with Crippen molar-refractivity contribution in [3.05, 3.63) is 135 Å². The lowest BCUT2D eigenvalue weighted by molar-refractivity contribution is -0.145. The zero-order chi connectivity index (χ0) is 33.6. The summed E-state index contributed by atoms with van der Waals surface area (Å²) in [6.07, 6.45) is 1.95. The number of methoxy groups -OCH3 is 2. The number of nitrogens with one attached hydrogen (secondary N) is 3. The minimum atomic E-state index is -1.79. The van der Waals surface area contributed by atoms with Crippen molar-refractivity contribution in [2.24, 2.45) is 5.41 Å². The average Bonchev–Trinajstić information content (AvgIpc) is 3.53. The summed E-state index contributed by atoms with van der Waals surface area (Å²) in [5.74, 6) is -1.50. The molecule has 0 radical (unpaired) electrons. The zero-order valence-electron chi connectivity index (χ0n) is 25.7. The standard InChI is InChI=1S/C37H28Cl2N4O4S/c1-46-26-15-7-21(8-16-26)30-28(19-20-3-11-24(38)12-4-20)33-29(32(42-43-33)23-5-13-25(39)14-6-23)31(22-9-17-27(47-2)18-10-22)37(30)34(44)40-36(48)41-35(37)45/h3-19,30-31H,1-2H3,(H,42,43)(H2,40,41,44,45,48)/b28-19-. The molecule has 3 N–H and O–H groups in total. The predicted molar refractivity (Wildman–Crippen MR) is 190 cm³/mol. The fourth-order valence-corrected chi connectivity index (χ4v) is 7.33. The summed E-state index contributed by atoms with van der Waals surface area (Å²) >= 11 is 17.9. The summed E-state index contributed by atoms with van der Waals surface area (Å²) in [7, 11) is 3.17. The van der Waals surface area contributed by atoms with Crippen molar-refractivity contribution in [3.63, 3.8) is 0 Å². The number of aromatic nitrogens is 2. The summed E-state index contributed by atoms with van der Waals surface area (Å²) in [6, 6.07) is 29.4. The van der Waals surface area contributed by atoms with E-state index in [4.69, 9.17) is 50.0 Å². The number of carbonyl (C=O) groups excluding carboxylic acids is 2. The van der Waals surface area contributed by atoms with E-state index in [1.807, 2.05) is 78.9 Å². The molecule has 7 rings (SSSR count). The molecule has 2 amide bonds. The molecule has 4 aromatic carbocycles. The predicted octanol–water partition coefficient (Wildman–Crippen LogP) is 7.39. The van der Waals surface area contributed by atoms with Crippen LogP contribution in [0.15, 0.2) is 97.1 Å². The van der Waals surface area contributed by atoms with Crippen LogP contribution in [-0.4, -0.2) is 41.3 Å². The van der Waals surface area contributed by atoms with Gasteiger partial charge in [-0.25, -0.2) is 0 Å². The molecule has 8 nitrogen and oxygen atoms in total. The van der Waals surface area contributed by atoms with Crippen molar-refractivity contribution in [2.45, 2.75) is 11.8 Å². The molecule has 1 aliphatic carbocycles. The number of allylic oxidation sites excluding steroid dienone is 1. The summed E-state index contributed by atoms with van der Waals surface area (Å²) in [5.41, 5.74) is 3.78. The molecule has 5 aromatic rings. The number of rotatable bonds is 6. The van der Waals surface area contributed by atoms with Crippen molar-refractivity contribution in [1.82, 2.24) is 20.8 Å². The molecule has 2 unspecified atom stereocenters. The Morgan fingerprint density at radius 2 is 1.23 bits per heavy atom. The van der Waals surface area contributed by atoms with Crippen LogP contribution in [0.3, 0.4) is 0 Å².